The number of morpholine rings is 1. The van der Waals surface area contributed by atoms with Crippen LogP contribution < -0.4 is 5.32 Å². The zero-order valence-electron chi connectivity index (χ0n) is 14.6. The van der Waals surface area contributed by atoms with Crippen molar-refractivity contribution < 1.29 is 4.74 Å². The van der Waals surface area contributed by atoms with E-state index in [2.05, 4.69) is 58.5 Å². The molecule has 0 bridgehead atoms. The molecule has 2 aromatic rings. The number of nitrogens with zero attached hydrogens (tertiary/aromatic N) is 3. The Morgan fingerprint density at radius 3 is 2.48 bits per heavy atom. The molecule has 1 atom stereocenters. The van der Waals surface area contributed by atoms with Gasteiger partial charge < -0.3 is 10.1 Å². The summed E-state index contributed by atoms with van der Waals surface area (Å²) in [6.07, 6.45) is 2.92. The number of halogens is 2. The van der Waals surface area contributed by atoms with E-state index in [1.807, 2.05) is 12.3 Å². The number of rotatable bonds is 5. The second-order valence-corrected chi connectivity index (χ2v) is 5.77. The van der Waals surface area contributed by atoms with Gasteiger partial charge in [0.2, 0.25) is 0 Å². The van der Waals surface area contributed by atoms with E-state index in [-0.39, 0.29) is 31.0 Å². The fourth-order valence-electron chi connectivity index (χ4n) is 2.99. The summed E-state index contributed by atoms with van der Waals surface area (Å²) in [4.78, 5) is 2.39. The molecule has 0 amide bonds. The molecule has 0 saturated carbocycles. The van der Waals surface area contributed by atoms with E-state index in [0.717, 1.165) is 49.7 Å². The molecule has 1 aromatic carbocycles. The van der Waals surface area contributed by atoms with Crippen LogP contribution >= 0.6 is 24.8 Å². The number of ether oxygens (including phenoxy) is 1. The number of benzene rings is 1. The molecule has 1 aliphatic heterocycles. The predicted molar refractivity (Wildman–Crippen MR) is 107 cm³/mol. The van der Waals surface area contributed by atoms with E-state index >= 15 is 0 Å². The maximum Gasteiger partial charge on any atom is 0.0766 e. The average Bonchev–Trinajstić information content (AvgIpc) is 2.63. The Kier molecular flexibility index (Phi) is 9.14. The molecule has 1 aliphatic rings. The molecular weight excluding hydrogens is 359 g/mol. The van der Waals surface area contributed by atoms with E-state index in [1.54, 1.807) is 0 Å². The second-order valence-electron chi connectivity index (χ2n) is 5.77. The summed E-state index contributed by atoms with van der Waals surface area (Å²) in [5.41, 5.74) is 4.40. The molecule has 0 radical (unpaired) electrons. The highest BCUT2D eigenvalue weighted by molar-refractivity contribution is 5.85. The van der Waals surface area contributed by atoms with Gasteiger partial charge in [-0.1, -0.05) is 37.3 Å². The maximum absolute atomic E-state index is 5.44. The van der Waals surface area contributed by atoms with Crippen LogP contribution in [0, 0.1) is 0 Å². The number of aromatic nitrogens is 2. The van der Waals surface area contributed by atoms with Crippen molar-refractivity contribution in [2.24, 2.45) is 0 Å². The normalized spacial score (nSPS) is 15.6. The van der Waals surface area contributed by atoms with Crippen molar-refractivity contribution in [3.05, 3.63) is 42.2 Å². The third-order valence-corrected chi connectivity index (χ3v) is 4.28. The standard InChI is InChI=1S/C18H24N4O.2ClH/c1-3-16-18(15-7-5-4-6-8-15)17(13-19-21-16)20-14(2)22-9-11-23-12-10-22;;/h4-8,13-14H,3,9-12H2,1-2H3,(H,20,21);2*1H. The van der Waals surface area contributed by atoms with Crippen LogP contribution in [0.2, 0.25) is 0 Å². The highest BCUT2D eigenvalue weighted by atomic mass is 35.5. The summed E-state index contributed by atoms with van der Waals surface area (Å²) < 4.78 is 5.44. The Balaban J connectivity index is 0.00000156. The lowest BCUT2D eigenvalue weighted by Gasteiger charge is -2.33. The quantitative estimate of drug-likeness (QED) is 0.852. The SMILES string of the molecule is CCc1nncc(NC(C)N2CCOCC2)c1-c1ccccc1.Cl.Cl. The lowest BCUT2D eigenvalue weighted by molar-refractivity contribution is 0.0254. The van der Waals surface area contributed by atoms with Crippen molar-refractivity contribution in [1.29, 1.82) is 0 Å². The summed E-state index contributed by atoms with van der Waals surface area (Å²) in [6, 6.07) is 10.4. The highest BCUT2D eigenvalue weighted by Crippen LogP contribution is 2.30. The predicted octanol–water partition coefficient (Wildman–Crippen LogP) is 3.64. The van der Waals surface area contributed by atoms with E-state index in [1.165, 1.54) is 5.56 Å². The Labute approximate surface area is 162 Å². The maximum atomic E-state index is 5.44. The molecule has 1 unspecified atom stereocenters. The summed E-state index contributed by atoms with van der Waals surface area (Å²) >= 11 is 0. The summed E-state index contributed by atoms with van der Waals surface area (Å²) in [7, 11) is 0. The number of anilines is 1. The molecule has 138 valence electrons. The topological polar surface area (TPSA) is 50.3 Å². The molecule has 5 nitrogen and oxygen atoms in total. The van der Waals surface area contributed by atoms with Crippen molar-refractivity contribution in [3.8, 4) is 11.1 Å². The first kappa shape index (κ1) is 21.6. The minimum absolute atomic E-state index is 0. The number of nitrogens with one attached hydrogen (secondary N) is 1. The first-order valence-corrected chi connectivity index (χ1v) is 8.28. The van der Waals surface area contributed by atoms with E-state index in [9.17, 15) is 0 Å². The summed E-state index contributed by atoms with van der Waals surface area (Å²) in [6.45, 7) is 7.80. The Morgan fingerprint density at radius 2 is 1.84 bits per heavy atom. The molecule has 1 fully saturated rings. The van der Waals surface area contributed by atoms with Gasteiger partial charge in [0, 0.05) is 18.7 Å². The van der Waals surface area contributed by atoms with Crippen LogP contribution in [0.3, 0.4) is 0 Å². The zero-order chi connectivity index (χ0) is 16.1. The Hall–Kier alpha value is -1.40. The molecule has 2 heterocycles. The van der Waals surface area contributed by atoms with Gasteiger partial charge in [-0.25, -0.2) is 0 Å². The monoisotopic (exact) mass is 384 g/mol. The van der Waals surface area contributed by atoms with E-state index in [4.69, 9.17) is 4.74 Å². The van der Waals surface area contributed by atoms with Crippen molar-refractivity contribution in [2.45, 2.75) is 26.4 Å². The molecule has 0 spiro atoms. The summed E-state index contributed by atoms with van der Waals surface area (Å²) in [5, 5.41) is 12.1. The fraction of sp³-hybridized carbons (Fsp3) is 0.444. The van der Waals surface area contributed by atoms with Gasteiger partial charge in [0.05, 0.1) is 37.0 Å². The van der Waals surface area contributed by atoms with Gasteiger partial charge in [-0.3, -0.25) is 4.90 Å². The van der Waals surface area contributed by atoms with Crippen LogP contribution in [-0.4, -0.2) is 47.6 Å². The Bertz CT molecular complexity index is 636. The fourth-order valence-corrected chi connectivity index (χ4v) is 2.99. The van der Waals surface area contributed by atoms with Crippen LogP contribution in [0.15, 0.2) is 36.5 Å². The molecule has 0 aliphatic carbocycles. The minimum atomic E-state index is 0. The lowest BCUT2D eigenvalue weighted by atomic mass is 10.0. The molecule has 25 heavy (non-hydrogen) atoms. The molecule has 1 N–H and O–H groups in total. The second kappa shape index (κ2) is 10.6. The van der Waals surface area contributed by atoms with Crippen LogP contribution in [0.4, 0.5) is 5.69 Å². The van der Waals surface area contributed by atoms with Gasteiger partial charge in [0.15, 0.2) is 0 Å². The van der Waals surface area contributed by atoms with Crippen molar-refractivity contribution in [3.63, 3.8) is 0 Å². The van der Waals surface area contributed by atoms with Gasteiger partial charge in [-0.2, -0.15) is 10.2 Å². The van der Waals surface area contributed by atoms with Crippen LogP contribution in [0.25, 0.3) is 11.1 Å². The average molecular weight is 385 g/mol. The molecule has 7 heteroatoms. The van der Waals surface area contributed by atoms with Crippen LogP contribution in [-0.2, 0) is 11.2 Å². The van der Waals surface area contributed by atoms with Crippen molar-refractivity contribution in [1.82, 2.24) is 15.1 Å². The number of hydrogen-bond donors (Lipinski definition) is 1. The first-order chi connectivity index (χ1) is 11.3. The largest absolute Gasteiger partial charge is 0.379 e. The Morgan fingerprint density at radius 1 is 1.16 bits per heavy atom. The third-order valence-electron chi connectivity index (χ3n) is 4.28. The van der Waals surface area contributed by atoms with E-state index in [0.29, 0.717) is 0 Å². The van der Waals surface area contributed by atoms with E-state index < -0.39 is 0 Å². The van der Waals surface area contributed by atoms with Gasteiger partial charge in [-0.15, -0.1) is 24.8 Å². The van der Waals surface area contributed by atoms with Crippen LogP contribution in [0.5, 0.6) is 0 Å². The number of hydrogen-bond acceptors (Lipinski definition) is 5. The first-order valence-electron chi connectivity index (χ1n) is 8.28. The van der Waals surface area contributed by atoms with Crippen molar-refractivity contribution >= 4 is 30.5 Å². The van der Waals surface area contributed by atoms with Gasteiger partial charge in [0.25, 0.3) is 0 Å². The molecule has 1 saturated heterocycles. The highest BCUT2D eigenvalue weighted by Gasteiger charge is 2.19. The van der Waals surface area contributed by atoms with Gasteiger partial charge in [-0.05, 0) is 18.9 Å². The molecule has 1 aromatic heterocycles. The van der Waals surface area contributed by atoms with Gasteiger partial charge in [0.1, 0.15) is 0 Å². The van der Waals surface area contributed by atoms with Crippen LogP contribution in [0.1, 0.15) is 19.5 Å². The lowest BCUT2D eigenvalue weighted by Crippen LogP contribution is -2.45. The summed E-state index contributed by atoms with van der Waals surface area (Å²) in [5.74, 6) is 0. The van der Waals surface area contributed by atoms with Gasteiger partial charge >= 0.3 is 0 Å². The molecular formula is C18H26Cl2N4O. The van der Waals surface area contributed by atoms with Crippen molar-refractivity contribution in [2.75, 3.05) is 31.6 Å². The number of aryl methyl sites for hydroxylation is 1. The smallest absolute Gasteiger partial charge is 0.0766 e. The molecule has 3 rings (SSSR count). The third kappa shape index (κ3) is 5.28. The minimum Gasteiger partial charge on any atom is -0.379 e. The zero-order valence-corrected chi connectivity index (χ0v) is 16.3.